The van der Waals surface area contributed by atoms with Gasteiger partial charge in [-0.3, -0.25) is 4.68 Å². The van der Waals surface area contributed by atoms with Gasteiger partial charge in [-0.15, -0.1) is 0 Å². The molecule has 0 spiro atoms. The molecule has 6 nitrogen and oxygen atoms in total. The van der Waals surface area contributed by atoms with Crippen molar-refractivity contribution in [3.63, 3.8) is 0 Å². The van der Waals surface area contributed by atoms with E-state index in [0.717, 1.165) is 36.1 Å². The maximum atomic E-state index is 13.0. The minimum atomic E-state index is -4.17. The third-order valence-electron chi connectivity index (χ3n) is 6.03. The molecule has 7 heteroatoms. The van der Waals surface area contributed by atoms with Crippen LogP contribution in [0.3, 0.4) is 0 Å². The number of aromatic nitrogens is 2. The highest BCUT2D eigenvalue weighted by Gasteiger charge is 2.40. The molecular weight excluding hydrogens is 398 g/mol. The maximum Gasteiger partial charge on any atom is 0.220 e. The molecule has 30 heavy (non-hydrogen) atoms. The highest BCUT2D eigenvalue weighted by atomic mass is 32.2. The number of rotatable bonds is 3. The summed E-state index contributed by atoms with van der Waals surface area (Å²) in [6.07, 6.45) is 2.91. The molecule has 2 aliphatic carbocycles. The molecule has 0 saturated carbocycles. The number of fused-ring (bicyclic) bond motifs is 3. The van der Waals surface area contributed by atoms with Crippen LogP contribution in [-0.4, -0.2) is 23.3 Å². The number of hydrogen-bond donors (Lipinski definition) is 1. The van der Waals surface area contributed by atoms with Crippen molar-refractivity contribution in [3.05, 3.63) is 75.8 Å². The zero-order chi connectivity index (χ0) is 21.0. The minimum absolute atomic E-state index is 0.0380. The van der Waals surface area contributed by atoms with Gasteiger partial charge in [0.1, 0.15) is 11.8 Å². The zero-order valence-corrected chi connectivity index (χ0v) is 17.1. The van der Waals surface area contributed by atoms with E-state index in [1.807, 2.05) is 12.1 Å². The standard InChI is InChI=1S/C23H19N3O3S/c1-26-22-17-12-6-8-14-7-5-11-16(19(14)17)20(22)21(25-26)23(27)18(13-24)30(28,29)15-9-3-2-4-10-15/h2-4,6,8-10,12,16,27H,5,7,11H2,1H3/b23-18+. The quantitative estimate of drug-likeness (QED) is 0.511. The lowest BCUT2D eigenvalue weighted by atomic mass is 9.81. The number of aliphatic hydroxyl groups is 1. The average Bonchev–Trinajstić information content (AvgIpc) is 3.27. The molecule has 150 valence electrons. The number of aryl methyl sites for hydroxylation is 2. The SMILES string of the molecule is Cn1nc(/C(O)=C(/C#N)S(=O)(=O)c2ccccc2)c2c1-c1cccc3c1C2CCC3. The Labute approximate surface area is 174 Å². The fourth-order valence-electron chi connectivity index (χ4n) is 4.81. The van der Waals surface area contributed by atoms with Crippen LogP contribution in [0.4, 0.5) is 0 Å². The summed E-state index contributed by atoms with van der Waals surface area (Å²) >= 11 is 0. The maximum absolute atomic E-state index is 13.0. The fourth-order valence-corrected chi connectivity index (χ4v) is 6.03. The largest absolute Gasteiger partial charge is 0.504 e. The summed E-state index contributed by atoms with van der Waals surface area (Å²) in [5.41, 5.74) is 5.48. The molecule has 1 unspecified atom stereocenters. The van der Waals surface area contributed by atoms with E-state index in [2.05, 4.69) is 11.2 Å². The summed E-state index contributed by atoms with van der Waals surface area (Å²) in [4.78, 5) is -0.717. The summed E-state index contributed by atoms with van der Waals surface area (Å²) in [6, 6.07) is 15.6. The second kappa shape index (κ2) is 6.57. The van der Waals surface area contributed by atoms with Gasteiger partial charge in [-0.25, -0.2) is 8.42 Å². The summed E-state index contributed by atoms with van der Waals surface area (Å²) in [6.45, 7) is 0. The molecule has 0 fully saturated rings. The Balaban J connectivity index is 1.74. The van der Waals surface area contributed by atoms with Crippen molar-refractivity contribution in [2.24, 2.45) is 7.05 Å². The predicted octanol–water partition coefficient (Wildman–Crippen LogP) is 4.09. The third kappa shape index (κ3) is 2.47. The molecule has 0 aliphatic heterocycles. The van der Waals surface area contributed by atoms with Crippen molar-refractivity contribution in [3.8, 4) is 17.3 Å². The molecule has 0 bridgehead atoms. The summed E-state index contributed by atoms with van der Waals surface area (Å²) in [5.74, 6) is -0.539. The highest BCUT2D eigenvalue weighted by molar-refractivity contribution is 7.95. The van der Waals surface area contributed by atoms with Crippen LogP contribution in [0.2, 0.25) is 0 Å². The number of sulfone groups is 1. The van der Waals surface area contributed by atoms with E-state index in [1.165, 1.54) is 23.3 Å². The molecule has 1 N–H and O–H groups in total. The second-order valence-corrected chi connectivity index (χ2v) is 9.55. The Kier molecular flexibility index (Phi) is 4.09. The van der Waals surface area contributed by atoms with E-state index in [-0.39, 0.29) is 16.5 Å². The van der Waals surface area contributed by atoms with Crippen LogP contribution in [0.25, 0.3) is 17.0 Å². The van der Waals surface area contributed by atoms with Gasteiger partial charge in [-0.2, -0.15) is 10.4 Å². The smallest absolute Gasteiger partial charge is 0.220 e. The Hall–Kier alpha value is -3.37. The van der Waals surface area contributed by atoms with Crippen LogP contribution >= 0.6 is 0 Å². The number of allylic oxidation sites excluding steroid dienone is 1. The second-order valence-electron chi connectivity index (χ2n) is 7.66. The molecule has 1 atom stereocenters. The van der Waals surface area contributed by atoms with Crippen LogP contribution < -0.4 is 0 Å². The lowest BCUT2D eigenvalue weighted by Crippen LogP contribution is -2.11. The average molecular weight is 417 g/mol. The Morgan fingerprint density at radius 3 is 2.67 bits per heavy atom. The van der Waals surface area contributed by atoms with Crippen LogP contribution in [0.15, 0.2) is 58.3 Å². The van der Waals surface area contributed by atoms with Gasteiger partial charge in [0, 0.05) is 24.1 Å². The number of aliphatic hydroxyl groups excluding tert-OH is 1. The van der Waals surface area contributed by atoms with Gasteiger partial charge in [-0.1, -0.05) is 36.4 Å². The Morgan fingerprint density at radius 1 is 1.17 bits per heavy atom. The van der Waals surface area contributed by atoms with E-state index in [4.69, 9.17) is 0 Å². The van der Waals surface area contributed by atoms with Gasteiger partial charge in [0.2, 0.25) is 9.84 Å². The minimum Gasteiger partial charge on any atom is -0.504 e. The molecule has 2 aromatic carbocycles. The van der Waals surface area contributed by atoms with Gasteiger partial charge in [0.25, 0.3) is 0 Å². The fraction of sp³-hybridized carbons (Fsp3) is 0.217. The van der Waals surface area contributed by atoms with Crippen LogP contribution in [0, 0.1) is 11.3 Å². The molecule has 0 saturated heterocycles. The van der Waals surface area contributed by atoms with Crippen molar-refractivity contribution in [1.29, 1.82) is 5.26 Å². The van der Waals surface area contributed by atoms with E-state index >= 15 is 0 Å². The molecule has 5 rings (SSSR count). The molecule has 1 heterocycles. The molecular formula is C23H19N3O3S. The van der Waals surface area contributed by atoms with Crippen molar-refractivity contribution < 1.29 is 13.5 Å². The predicted molar refractivity (Wildman–Crippen MR) is 112 cm³/mol. The van der Waals surface area contributed by atoms with Gasteiger partial charge in [-0.05, 0) is 42.5 Å². The third-order valence-corrected chi connectivity index (χ3v) is 7.75. The van der Waals surface area contributed by atoms with Crippen LogP contribution in [0.5, 0.6) is 0 Å². The molecule has 2 aliphatic rings. The normalized spacial score (nSPS) is 17.7. The van der Waals surface area contributed by atoms with Crippen LogP contribution in [0.1, 0.15) is 41.1 Å². The monoisotopic (exact) mass is 417 g/mol. The van der Waals surface area contributed by atoms with Gasteiger partial charge >= 0.3 is 0 Å². The molecule has 1 aromatic heterocycles. The van der Waals surface area contributed by atoms with E-state index in [0.29, 0.717) is 0 Å². The van der Waals surface area contributed by atoms with Gasteiger partial charge < -0.3 is 5.11 Å². The Morgan fingerprint density at radius 2 is 1.93 bits per heavy atom. The zero-order valence-electron chi connectivity index (χ0n) is 16.3. The summed E-state index contributed by atoms with van der Waals surface area (Å²) < 4.78 is 27.8. The van der Waals surface area contributed by atoms with E-state index in [1.54, 1.807) is 36.0 Å². The first-order valence-corrected chi connectivity index (χ1v) is 11.3. The Bertz CT molecular complexity index is 1360. The highest BCUT2D eigenvalue weighted by Crippen LogP contribution is 2.52. The van der Waals surface area contributed by atoms with Gasteiger partial charge in [0.15, 0.2) is 10.7 Å². The number of hydrogen-bond acceptors (Lipinski definition) is 5. The van der Waals surface area contributed by atoms with Crippen molar-refractivity contribution >= 4 is 15.6 Å². The van der Waals surface area contributed by atoms with Crippen LogP contribution in [-0.2, 0) is 23.3 Å². The molecule has 3 aromatic rings. The number of benzene rings is 2. The molecule has 0 radical (unpaired) electrons. The first-order chi connectivity index (χ1) is 14.4. The number of nitrogens with zero attached hydrogens (tertiary/aromatic N) is 3. The van der Waals surface area contributed by atoms with E-state index < -0.39 is 20.5 Å². The van der Waals surface area contributed by atoms with E-state index in [9.17, 15) is 18.8 Å². The first-order valence-electron chi connectivity index (χ1n) is 9.78. The van der Waals surface area contributed by atoms with Crippen molar-refractivity contribution in [2.75, 3.05) is 0 Å². The lowest BCUT2D eigenvalue weighted by Gasteiger charge is -2.22. The summed E-state index contributed by atoms with van der Waals surface area (Å²) in [5, 5.41) is 25.2. The first kappa shape index (κ1) is 18.6. The van der Waals surface area contributed by atoms with Crippen molar-refractivity contribution in [2.45, 2.75) is 30.1 Å². The topological polar surface area (TPSA) is 96.0 Å². The van der Waals surface area contributed by atoms with Crippen molar-refractivity contribution in [1.82, 2.24) is 9.78 Å². The molecule has 0 amide bonds. The van der Waals surface area contributed by atoms with Gasteiger partial charge in [0.05, 0.1) is 10.6 Å². The summed E-state index contributed by atoms with van der Waals surface area (Å²) in [7, 11) is -2.39. The number of nitriles is 1. The lowest BCUT2D eigenvalue weighted by molar-refractivity contribution is 0.501.